The molecule has 0 N–H and O–H groups in total. The van der Waals surface area contributed by atoms with Crippen LogP contribution in [0.2, 0.25) is 0 Å². The van der Waals surface area contributed by atoms with Gasteiger partial charge in [-0.05, 0) is 31.5 Å². The van der Waals surface area contributed by atoms with Crippen molar-refractivity contribution in [2.45, 2.75) is 13.8 Å². The summed E-state index contributed by atoms with van der Waals surface area (Å²) in [7, 11) is 0. The lowest BCUT2D eigenvalue weighted by atomic mass is 10.2. The molecule has 0 spiro atoms. The van der Waals surface area contributed by atoms with Gasteiger partial charge in [-0.1, -0.05) is 18.7 Å². The summed E-state index contributed by atoms with van der Waals surface area (Å²) in [6.07, 6.45) is 1.54. The van der Waals surface area contributed by atoms with Crippen molar-refractivity contribution >= 4 is 6.08 Å². The predicted molar refractivity (Wildman–Crippen MR) is 57.5 cm³/mol. The van der Waals surface area contributed by atoms with E-state index in [1.165, 1.54) is 6.08 Å². The van der Waals surface area contributed by atoms with Crippen LogP contribution in [0.1, 0.15) is 19.4 Å². The van der Waals surface area contributed by atoms with E-state index in [4.69, 9.17) is 16.1 Å². The molecule has 0 fully saturated rings. The van der Waals surface area contributed by atoms with E-state index in [1.54, 1.807) is 0 Å². The van der Waals surface area contributed by atoms with Crippen molar-refractivity contribution in [3.05, 3.63) is 30.3 Å². The van der Waals surface area contributed by atoms with Gasteiger partial charge in [-0.15, -0.1) is 0 Å². The molecule has 1 aromatic rings. The zero-order chi connectivity index (χ0) is 10.4. The van der Waals surface area contributed by atoms with E-state index in [9.17, 15) is 0 Å². The molecular formula is C12H15O2. The molecule has 1 aromatic carbocycles. The minimum atomic E-state index is 0.619. The minimum Gasteiger partial charge on any atom is -0.490 e. The molecule has 0 bridgehead atoms. The molecule has 2 heteroatoms. The molecule has 0 saturated heterocycles. The van der Waals surface area contributed by atoms with Crippen LogP contribution >= 0.6 is 0 Å². The SMILES string of the molecule is [CH]=Cc1ccc(OCC)c(OCC)c1. The first-order valence-electron chi connectivity index (χ1n) is 4.76. The molecule has 0 aliphatic heterocycles. The summed E-state index contributed by atoms with van der Waals surface area (Å²) in [5.74, 6) is 1.51. The van der Waals surface area contributed by atoms with Crippen molar-refractivity contribution in [1.29, 1.82) is 0 Å². The van der Waals surface area contributed by atoms with E-state index in [1.807, 2.05) is 32.0 Å². The Kier molecular flexibility index (Phi) is 4.05. The summed E-state index contributed by atoms with van der Waals surface area (Å²) in [5.41, 5.74) is 0.928. The zero-order valence-electron chi connectivity index (χ0n) is 8.62. The van der Waals surface area contributed by atoms with Crippen molar-refractivity contribution in [2.24, 2.45) is 0 Å². The summed E-state index contributed by atoms with van der Waals surface area (Å²) in [5, 5.41) is 0. The lowest BCUT2D eigenvalue weighted by Gasteiger charge is -2.10. The van der Waals surface area contributed by atoms with E-state index in [2.05, 4.69) is 0 Å². The van der Waals surface area contributed by atoms with Gasteiger partial charge in [0.15, 0.2) is 11.5 Å². The monoisotopic (exact) mass is 191 g/mol. The highest BCUT2D eigenvalue weighted by Crippen LogP contribution is 2.28. The molecule has 0 atom stereocenters. The second kappa shape index (κ2) is 5.32. The fourth-order valence-corrected chi connectivity index (χ4v) is 1.17. The first-order valence-corrected chi connectivity index (χ1v) is 4.76. The number of benzene rings is 1. The van der Waals surface area contributed by atoms with E-state index in [0.29, 0.717) is 13.2 Å². The highest BCUT2D eigenvalue weighted by molar-refractivity contribution is 5.53. The van der Waals surface area contributed by atoms with Crippen molar-refractivity contribution in [2.75, 3.05) is 13.2 Å². The van der Waals surface area contributed by atoms with Gasteiger partial charge in [0.25, 0.3) is 0 Å². The molecule has 0 saturated carbocycles. The van der Waals surface area contributed by atoms with Crippen molar-refractivity contribution in [1.82, 2.24) is 0 Å². The van der Waals surface area contributed by atoms with Crippen LogP contribution in [0.3, 0.4) is 0 Å². The van der Waals surface area contributed by atoms with Crippen LogP contribution in [0.15, 0.2) is 18.2 Å². The van der Waals surface area contributed by atoms with Gasteiger partial charge >= 0.3 is 0 Å². The molecule has 14 heavy (non-hydrogen) atoms. The van der Waals surface area contributed by atoms with E-state index < -0.39 is 0 Å². The molecular weight excluding hydrogens is 176 g/mol. The Bertz CT molecular complexity index is 305. The topological polar surface area (TPSA) is 18.5 Å². The van der Waals surface area contributed by atoms with Gasteiger partial charge < -0.3 is 9.47 Å². The van der Waals surface area contributed by atoms with Gasteiger partial charge in [-0.3, -0.25) is 0 Å². The first kappa shape index (κ1) is 10.6. The Labute approximate surface area is 85.2 Å². The molecule has 0 amide bonds. The van der Waals surface area contributed by atoms with Gasteiger partial charge in [-0.2, -0.15) is 0 Å². The smallest absolute Gasteiger partial charge is 0.161 e. The molecule has 0 aromatic heterocycles. The summed E-state index contributed by atoms with van der Waals surface area (Å²) in [6, 6.07) is 5.63. The van der Waals surface area contributed by atoms with Crippen LogP contribution in [0.5, 0.6) is 11.5 Å². The maximum atomic E-state index is 5.43. The second-order valence-corrected chi connectivity index (χ2v) is 2.74. The molecule has 0 unspecified atom stereocenters. The largest absolute Gasteiger partial charge is 0.490 e. The summed E-state index contributed by atoms with van der Waals surface area (Å²) in [4.78, 5) is 0. The fourth-order valence-electron chi connectivity index (χ4n) is 1.17. The van der Waals surface area contributed by atoms with Crippen LogP contribution in [-0.2, 0) is 0 Å². The standard InChI is InChI=1S/C12H15O2/c1-4-10-7-8-11(13-5-2)12(9-10)14-6-3/h1,4,7-9H,5-6H2,2-3H3. The summed E-state index contributed by atoms with van der Waals surface area (Å²) < 4.78 is 10.8. The van der Waals surface area contributed by atoms with Crippen LogP contribution in [0.4, 0.5) is 0 Å². The van der Waals surface area contributed by atoms with Crippen molar-refractivity contribution in [3.63, 3.8) is 0 Å². The van der Waals surface area contributed by atoms with E-state index in [0.717, 1.165) is 17.1 Å². The third-order valence-corrected chi connectivity index (χ3v) is 1.76. The van der Waals surface area contributed by atoms with Crippen LogP contribution in [0.25, 0.3) is 6.08 Å². The van der Waals surface area contributed by atoms with Gasteiger partial charge in [0.1, 0.15) is 0 Å². The average molecular weight is 191 g/mol. The second-order valence-electron chi connectivity index (χ2n) is 2.74. The lowest BCUT2D eigenvalue weighted by Crippen LogP contribution is -1.98. The average Bonchev–Trinajstić information content (AvgIpc) is 2.21. The highest BCUT2D eigenvalue weighted by Gasteiger charge is 2.03. The Morgan fingerprint density at radius 3 is 2.36 bits per heavy atom. The van der Waals surface area contributed by atoms with Gasteiger partial charge in [0.2, 0.25) is 0 Å². The fraction of sp³-hybridized carbons (Fsp3) is 0.333. The van der Waals surface area contributed by atoms with Crippen LogP contribution < -0.4 is 9.47 Å². The Morgan fingerprint density at radius 2 is 1.79 bits per heavy atom. The van der Waals surface area contributed by atoms with E-state index >= 15 is 0 Å². The van der Waals surface area contributed by atoms with Crippen molar-refractivity contribution in [3.8, 4) is 11.5 Å². The third kappa shape index (κ3) is 2.52. The Balaban J connectivity index is 2.96. The van der Waals surface area contributed by atoms with Crippen LogP contribution in [-0.4, -0.2) is 13.2 Å². The number of hydrogen-bond acceptors (Lipinski definition) is 2. The maximum Gasteiger partial charge on any atom is 0.161 e. The summed E-state index contributed by atoms with van der Waals surface area (Å²) in [6.45, 7) is 10.5. The lowest BCUT2D eigenvalue weighted by molar-refractivity contribution is 0.287. The first-order chi connectivity index (χ1) is 6.81. The molecule has 2 nitrogen and oxygen atoms in total. The van der Waals surface area contributed by atoms with E-state index in [-0.39, 0.29) is 0 Å². The quantitative estimate of drug-likeness (QED) is 0.712. The van der Waals surface area contributed by atoms with Gasteiger partial charge in [-0.25, -0.2) is 0 Å². The molecule has 1 radical (unpaired) electrons. The van der Waals surface area contributed by atoms with Crippen LogP contribution in [0, 0.1) is 6.58 Å². The van der Waals surface area contributed by atoms with Crippen molar-refractivity contribution < 1.29 is 9.47 Å². The summed E-state index contributed by atoms with van der Waals surface area (Å²) >= 11 is 0. The highest BCUT2D eigenvalue weighted by atomic mass is 16.5. The molecule has 75 valence electrons. The Hall–Kier alpha value is -1.44. The minimum absolute atomic E-state index is 0.619. The molecule has 0 aliphatic carbocycles. The maximum absolute atomic E-state index is 5.43. The number of rotatable bonds is 5. The van der Waals surface area contributed by atoms with Gasteiger partial charge in [0, 0.05) is 0 Å². The van der Waals surface area contributed by atoms with Gasteiger partial charge in [0.05, 0.1) is 13.2 Å². The predicted octanol–water partition coefficient (Wildman–Crippen LogP) is 2.93. The molecule has 0 aliphatic rings. The molecule has 1 rings (SSSR count). The zero-order valence-corrected chi connectivity index (χ0v) is 8.62. The third-order valence-electron chi connectivity index (χ3n) is 1.76. The normalized spacial score (nSPS) is 9.57. The molecule has 0 heterocycles. The Morgan fingerprint density at radius 1 is 1.14 bits per heavy atom. The number of hydrogen-bond donors (Lipinski definition) is 0. The number of ether oxygens (including phenoxy) is 2.